The van der Waals surface area contributed by atoms with Gasteiger partial charge in [-0.3, -0.25) is 0 Å². The van der Waals surface area contributed by atoms with Gasteiger partial charge in [-0.05, 0) is 109 Å². The molecule has 0 atom stereocenters. The number of rotatable bonds is 12. The van der Waals surface area contributed by atoms with Crippen LogP contribution in [0.1, 0.15) is 89.5 Å². The van der Waals surface area contributed by atoms with Gasteiger partial charge < -0.3 is 0 Å². The molecule has 0 aliphatic heterocycles. The number of allylic oxidation sites excluding steroid dienone is 11. The molecule has 0 saturated heterocycles. The first kappa shape index (κ1) is 30.2. The van der Waals surface area contributed by atoms with Gasteiger partial charge in [-0.2, -0.15) is 0 Å². The highest BCUT2D eigenvalue weighted by molar-refractivity contribution is 5.65. The maximum Gasteiger partial charge on any atom is 0.00112 e. The Morgan fingerprint density at radius 3 is 2.28 bits per heavy atom. The summed E-state index contributed by atoms with van der Waals surface area (Å²) in [6.45, 7) is 17.6. The fourth-order valence-corrected chi connectivity index (χ4v) is 5.34. The molecular weight excluding hydrogens is 468 g/mol. The summed E-state index contributed by atoms with van der Waals surface area (Å²) in [5, 5.41) is 0. The van der Waals surface area contributed by atoms with E-state index in [1.54, 1.807) is 0 Å². The minimum absolute atomic E-state index is 0.123. The molecule has 1 aliphatic rings. The predicted molar refractivity (Wildman–Crippen MR) is 173 cm³/mol. The molecule has 0 saturated carbocycles. The number of benzene rings is 2. The van der Waals surface area contributed by atoms with E-state index in [-0.39, 0.29) is 5.41 Å². The fraction of sp³-hybridized carbons (Fsp3) is 0.359. The minimum atomic E-state index is 0.123. The van der Waals surface area contributed by atoms with E-state index in [0.717, 1.165) is 44.9 Å². The Kier molecular flexibility index (Phi) is 11.4. The quantitative estimate of drug-likeness (QED) is 0.194. The maximum atomic E-state index is 4.00. The normalized spacial score (nSPS) is 14.4. The first-order valence-electron chi connectivity index (χ1n) is 14.7. The molecule has 0 heterocycles. The van der Waals surface area contributed by atoms with Crippen LogP contribution in [0.25, 0.3) is 5.57 Å². The Labute approximate surface area is 239 Å². The third-order valence-electron chi connectivity index (χ3n) is 7.72. The average molecular weight is 517 g/mol. The Morgan fingerprint density at radius 2 is 1.64 bits per heavy atom. The van der Waals surface area contributed by atoms with Crippen molar-refractivity contribution in [3.8, 4) is 0 Å². The van der Waals surface area contributed by atoms with E-state index < -0.39 is 0 Å². The van der Waals surface area contributed by atoms with E-state index >= 15 is 0 Å². The number of hydrogen-bond donors (Lipinski definition) is 0. The molecule has 0 fully saturated rings. The van der Waals surface area contributed by atoms with Gasteiger partial charge in [0.1, 0.15) is 0 Å². The van der Waals surface area contributed by atoms with E-state index in [4.69, 9.17) is 0 Å². The molecule has 2 aromatic carbocycles. The van der Waals surface area contributed by atoms with Crippen molar-refractivity contribution in [2.24, 2.45) is 5.41 Å². The topological polar surface area (TPSA) is 0 Å². The van der Waals surface area contributed by atoms with Crippen LogP contribution in [-0.2, 0) is 19.3 Å². The van der Waals surface area contributed by atoms with Gasteiger partial charge in [-0.1, -0.05) is 119 Å². The van der Waals surface area contributed by atoms with E-state index in [1.807, 2.05) is 0 Å². The molecule has 39 heavy (non-hydrogen) atoms. The lowest BCUT2D eigenvalue weighted by Gasteiger charge is -2.26. The highest BCUT2D eigenvalue weighted by atomic mass is 14.3. The van der Waals surface area contributed by atoms with Gasteiger partial charge in [0.2, 0.25) is 0 Å². The van der Waals surface area contributed by atoms with E-state index in [0.29, 0.717) is 0 Å². The SMILES string of the molecule is C=C=C(CC(C)(C)Cc1ccc(CCC(=CCC)C(C)=CC2=CC=CCC=C2C)cc1)c1ccc(CC)cc1. The molecule has 0 N–H and O–H groups in total. The van der Waals surface area contributed by atoms with Crippen molar-refractivity contribution in [1.29, 1.82) is 0 Å². The number of hydrogen-bond acceptors (Lipinski definition) is 0. The molecule has 0 bridgehead atoms. The molecule has 0 nitrogen and oxygen atoms in total. The second kappa shape index (κ2) is 14.7. The third-order valence-corrected chi connectivity index (χ3v) is 7.72. The van der Waals surface area contributed by atoms with Crippen LogP contribution in [0.4, 0.5) is 0 Å². The smallest absolute Gasteiger partial charge is 0.00112 e. The maximum absolute atomic E-state index is 4.00. The molecule has 0 amide bonds. The van der Waals surface area contributed by atoms with Crippen molar-refractivity contribution in [3.63, 3.8) is 0 Å². The predicted octanol–water partition coefficient (Wildman–Crippen LogP) is 11.1. The van der Waals surface area contributed by atoms with Crippen LogP contribution in [0.5, 0.6) is 0 Å². The Bertz CT molecular complexity index is 1290. The van der Waals surface area contributed by atoms with E-state index in [2.05, 4.69) is 139 Å². The zero-order chi connectivity index (χ0) is 28.3. The standard InChI is InChI=1S/C39H48/c1-8-14-36(31(5)27-38-16-13-11-12-15-30(38)4)24-23-33-17-19-34(20-18-33)28-39(6,7)29-35(10-3)37-25-21-32(9-2)22-26-37/h11,13-22,25-27H,3,8-9,12,23-24,28-29H2,1-2,4-7H3. The first-order valence-corrected chi connectivity index (χ1v) is 14.7. The first-order chi connectivity index (χ1) is 18.7. The van der Waals surface area contributed by atoms with Crippen LogP contribution in [0, 0.1) is 5.41 Å². The fourth-order valence-electron chi connectivity index (χ4n) is 5.34. The summed E-state index contributed by atoms with van der Waals surface area (Å²) >= 11 is 0. The van der Waals surface area contributed by atoms with Gasteiger partial charge in [0.15, 0.2) is 0 Å². The van der Waals surface area contributed by atoms with E-state index in [9.17, 15) is 0 Å². The summed E-state index contributed by atoms with van der Waals surface area (Å²) in [5.41, 5.74) is 15.5. The van der Waals surface area contributed by atoms with Gasteiger partial charge >= 0.3 is 0 Å². The van der Waals surface area contributed by atoms with Crippen molar-refractivity contribution in [2.75, 3.05) is 0 Å². The van der Waals surface area contributed by atoms with Crippen LogP contribution >= 0.6 is 0 Å². The average Bonchev–Trinajstić information content (AvgIpc) is 3.14. The highest BCUT2D eigenvalue weighted by Gasteiger charge is 2.21. The largest absolute Gasteiger partial charge is 0.125 e. The van der Waals surface area contributed by atoms with Gasteiger partial charge in [-0.25, -0.2) is 0 Å². The van der Waals surface area contributed by atoms with Gasteiger partial charge in [0.25, 0.3) is 0 Å². The highest BCUT2D eigenvalue weighted by Crippen LogP contribution is 2.34. The summed E-state index contributed by atoms with van der Waals surface area (Å²) in [7, 11) is 0. The summed E-state index contributed by atoms with van der Waals surface area (Å²) in [5.74, 6) is 0. The Balaban J connectivity index is 1.62. The lowest BCUT2D eigenvalue weighted by molar-refractivity contribution is 0.375. The Hall–Kier alpha value is -3.34. The van der Waals surface area contributed by atoms with Crippen LogP contribution in [-0.4, -0.2) is 0 Å². The van der Waals surface area contributed by atoms with Crippen LogP contribution in [0.15, 0.2) is 120 Å². The molecule has 0 unspecified atom stereocenters. The van der Waals surface area contributed by atoms with Crippen molar-refractivity contribution < 1.29 is 0 Å². The molecular formula is C39H48. The third kappa shape index (κ3) is 9.42. The minimum Gasteiger partial charge on any atom is -0.125 e. The van der Waals surface area contributed by atoms with Crippen LogP contribution in [0.2, 0.25) is 0 Å². The molecule has 2 aromatic rings. The van der Waals surface area contributed by atoms with Crippen LogP contribution in [0.3, 0.4) is 0 Å². The lowest BCUT2D eigenvalue weighted by Crippen LogP contribution is -2.15. The summed E-state index contributed by atoms with van der Waals surface area (Å²) in [6.07, 6.45) is 21.0. The van der Waals surface area contributed by atoms with Gasteiger partial charge in [0, 0.05) is 5.57 Å². The summed E-state index contributed by atoms with van der Waals surface area (Å²) in [4.78, 5) is 0. The van der Waals surface area contributed by atoms with Crippen molar-refractivity contribution in [1.82, 2.24) is 0 Å². The lowest BCUT2D eigenvalue weighted by atomic mass is 9.78. The second-order valence-electron chi connectivity index (χ2n) is 11.7. The second-order valence-corrected chi connectivity index (χ2v) is 11.7. The molecule has 0 radical (unpaired) electrons. The molecule has 0 spiro atoms. The zero-order valence-electron chi connectivity index (χ0n) is 25.2. The van der Waals surface area contributed by atoms with Crippen molar-refractivity contribution >= 4 is 5.57 Å². The van der Waals surface area contributed by atoms with E-state index in [1.165, 1.54) is 50.1 Å². The monoisotopic (exact) mass is 516 g/mol. The summed E-state index contributed by atoms with van der Waals surface area (Å²) < 4.78 is 0. The zero-order valence-corrected chi connectivity index (χ0v) is 25.2. The number of aryl methyl sites for hydroxylation is 2. The van der Waals surface area contributed by atoms with Crippen molar-refractivity contribution in [2.45, 2.75) is 86.5 Å². The molecule has 3 rings (SSSR count). The molecule has 0 aromatic heterocycles. The van der Waals surface area contributed by atoms with Crippen LogP contribution < -0.4 is 0 Å². The summed E-state index contributed by atoms with van der Waals surface area (Å²) in [6, 6.07) is 18.2. The van der Waals surface area contributed by atoms with Gasteiger partial charge in [-0.15, -0.1) is 5.73 Å². The molecule has 204 valence electrons. The Morgan fingerprint density at radius 1 is 0.974 bits per heavy atom. The molecule has 0 heteroatoms. The van der Waals surface area contributed by atoms with Gasteiger partial charge in [0.05, 0.1) is 0 Å². The molecule has 1 aliphatic carbocycles. The van der Waals surface area contributed by atoms with Crippen molar-refractivity contribution in [3.05, 3.63) is 142 Å².